The molecule has 10 heteroatoms. The topological polar surface area (TPSA) is 85.0 Å². The molecule has 29 heavy (non-hydrogen) atoms. The van der Waals surface area contributed by atoms with Crippen molar-refractivity contribution in [1.29, 1.82) is 0 Å². The second kappa shape index (κ2) is 8.85. The predicted molar refractivity (Wildman–Crippen MR) is 115 cm³/mol. The SMILES string of the molecule is CC(=O)N(c1ccccc1)c1nc(CSc2nnc(Cc3csc(C)n3)o2)cs1. The molecule has 0 spiro atoms. The zero-order valence-corrected chi connectivity index (χ0v) is 18.2. The van der Waals surface area contributed by atoms with E-state index in [0.717, 1.165) is 22.1 Å². The highest BCUT2D eigenvalue weighted by Gasteiger charge is 2.18. The average molecular weight is 444 g/mol. The molecule has 7 nitrogen and oxygen atoms in total. The Morgan fingerprint density at radius 2 is 1.90 bits per heavy atom. The van der Waals surface area contributed by atoms with Crippen molar-refractivity contribution < 1.29 is 9.21 Å². The Balaban J connectivity index is 1.40. The number of carbonyl (C=O) groups is 1. The second-order valence-electron chi connectivity index (χ2n) is 6.10. The molecule has 0 unspecified atom stereocenters. The van der Waals surface area contributed by atoms with E-state index in [-0.39, 0.29) is 5.91 Å². The van der Waals surface area contributed by atoms with E-state index in [1.165, 1.54) is 30.0 Å². The summed E-state index contributed by atoms with van der Waals surface area (Å²) in [4.78, 5) is 22.8. The maximum atomic E-state index is 12.1. The first-order chi connectivity index (χ1) is 14.1. The Bertz CT molecular complexity index is 1110. The summed E-state index contributed by atoms with van der Waals surface area (Å²) in [5, 5.41) is 14.3. The van der Waals surface area contributed by atoms with Crippen LogP contribution in [0, 0.1) is 6.92 Å². The number of hydrogen-bond donors (Lipinski definition) is 0. The minimum Gasteiger partial charge on any atom is -0.416 e. The second-order valence-corrected chi connectivity index (χ2v) is 8.92. The Morgan fingerprint density at radius 1 is 1.10 bits per heavy atom. The number of carbonyl (C=O) groups excluding carboxylic acids is 1. The van der Waals surface area contributed by atoms with Crippen LogP contribution in [0.25, 0.3) is 0 Å². The molecule has 0 N–H and O–H groups in total. The van der Waals surface area contributed by atoms with Crippen molar-refractivity contribution in [3.63, 3.8) is 0 Å². The van der Waals surface area contributed by atoms with Crippen LogP contribution < -0.4 is 4.90 Å². The maximum absolute atomic E-state index is 12.1. The molecule has 3 aromatic heterocycles. The minimum absolute atomic E-state index is 0.0800. The minimum atomic E-state index is -0.0800. The Labute approximate surface area is 179 Å². The number of para-hydroxylation sites is 1. The third kappa shape index (κ3) is 4.89. The molecule has 0 atom stereocenters. The van der Waals surface area contributed by atoms with Gasteiger partial charge in [0.15, 0.2) is 5.13 Å². The summed E-state index contributed by atoms with van der Waals surface area (Å²) in [6.45, 7) is 3.50. The number of nitrogens with zero attached hydrogens (tertiary/aromatic N) is 5. The van der Waals surface area contributed by atoms with Crippen LogP contribution in [0.4, 0.5) is 10.8 Å². The Morgan fingerprint density at radius 3 is 2.62 bits per heavy atom. The summed E-state index contributed by atoms with van der Waals surface area (Å²) in [6, 6.07) is 9.49. The van der Waals surface area contributed by atoms with Crippen LogP contribution in [0.5, 0.6) is 0 Å². The van der Waals surface area contributed by atoms with Crippen molar-refractivity contribution in [3.05, 3.63) is 63.4 Å². The molecular formula is C19H17N5O2S3. The molecule has 0 aliphatic carbocycles. The molecule has 0 radical (unpaired) electrons. The molecule has 0 saturated carbocycles. The summed E-state index contributed by atoms with van der Waals surface area (Å²) in [7, 11) is 0. The van der Waals surface area contributed by atoms with Crippen LogP contribution in [0.3, 0.4) is 0 Å². The van der Waals surface area contributed by atoms with Crippen molar-refractivity contribution in [2.45, 2.75) is 31.2 Å². The van der Waals surface area contributed by atoms with Crippen LogP contribution in [-0.4, -0.2) is 26.1 Å². The molecular weight excluding hydrogens is 426 g/mol. The van der Waals surface area contributed by atoms with Crippen LogP contribution >= 0.6 is 34.4 Å². The average Bonchev–Trinajstić information content (AvgIpc) is 3.43. The van der Waals surface area contributed by atoms with Crippen molar-refractivity contribution >= 4 is 51.2 Å². The van der Waals surface area contributed by atoms with Gasteiger partial charge in [-0.3, -0.25) is 9.69 Å². The van der Waals surface area contributed by atoms with Gasteiger partial charge in [0.05, 0.1) is 28.5 Å². The number of rotatable bonds is 7. The third-order valence-corrected chi connectivity index (χ3v) is 6.40. The van der Waals surface area contributed by atoms with Gasteiger partial charge in [0.25, 0.3) is 5.22 Å². The maximum Gasteiger partial charge on any atom is 0.276 e. The van der Waals surface area contributed by atoms with Gasteiger partial charge in [0.1, 0.15) is 0 Å². The number of aryl methyl sites for hydroxylation is 1. The van der Waals surface area contributed by atoms with E-state index in [1.807, 2.05) is 48.0 Å². The highest BCUT2D eigenvalue weighted by atomic mass is 32.2. The summed E-state index contributed by atoms with van der Waals surface area (Å²) in [5.41, 5.74) is 2.58. The van der Waals surface area contributed by atoms with Crippen molar-refractivity contribution in [2.24, 2.45) is 0 Å². The lowest BCUT2D eigenvalue weighted by Gasteiger charge is -2.17. The monoisotopic (exact) mass is 443 g/mol. The Hall–Kier alpha value is -2.56. The van der Waals surface area contributed by atoms with E-state index in [9.17, 15) is 4.79 Å². The van der Waals surface area contributed by atoms with E-state index in [2.05, 4.69) is 20.2 Å². The normalized spacial score (nSPS) is 11.0. The van der Waals surface area contributed by atoms with E-state index >= 15 is 0 Å². The third-order valence-electron chi connectivity index (χ3n) is 3.85. The van der Waals surface area contributed by atoms with E-state index in [4.69, 9.17) is 4.42 Å². The van der Waals surface area contributed by atoms with Crippen molar-refractivity contribution in [2.75, 3.05) is 4.90 Å². The van der Waals surface area contributed by atoms with E-state index in [1.54, 1.807) is 16.2 Å². The van der Waals surface area contributed by atoms with Crippen LogP contribution in [0.2, 0.25) is 0 Å². The largest absolute Gasteiger partial charge is 0.416 e. The van der Waals surface area contributed by atoms with E-state index < -0.39 is 0 Å². The van der Waals surface area contributed by atoms with Gasteiger partial charge in [-0.25, -0.2) is 9.97 Å². The molecule has 0 bridgehead atoms. The smallest absolute Gasteiger partial charge is 0.276 e. The van der Waals surface area contributed by atoms with Gasteiger partial charge in [-0.2, -0.15) is 0 Å². The lowest BCUT2D eigenvalue weighted by Crippen LogP contribution is -2.22. The molecule has 0 aliphatic heterocycles. The number of thioether (sulfide) groups is 1. The van der Waals surface area contributed by atoms with Crippen molar-refractivity contribution in [3.8, 4) is 0 Å². The van der Waals surface area contributed by atoms with Crippen LogP contribution in [0.15, 0.2) is 50.7 Å². The Kier molecular flexibility index (Phi) is 6.02. The number of aromatic nitrogens is 4. The fraction of sp³-hybridized carbons (Fsp3) is 0.211. The van der Waals surface area contributed by atoms with E-state index in [0.29, 0.717) is 28.4 Å². The highest BCUT2D eigenvalue weighted by Crippen LogP contribution is 2.31. The number of hydrogen-bond acceptors (Lipinski definition) is 9. The van der Waals surface area contributed by atoms with Gasteiger partial charge in [-0.15, -0.1) is 32.9 Å². The standard InChI is InChI=1S/C19H17N5O2S3/c1-12-20-14(9-27-12)8-17-22-23-19(26-17)29-11-15-10-28-18(21-15)24(13(2)25)16-6-4-3-5-7-16/h3-7,9-10H,8,11H2,1-2H3. The molecule has 0 saturated heterocycles. The summed E-state index contributed by atoms with van der Waals surface area (Å²) in [6.07, 6.45) is 0.531. The molecule has 4 rings (SSSR count). The summed E-state index contributed by atoms with van der Waals surface area (Å²) < 4.78 is 5.70. The van der Waals surface area contributed by atoms with Gasteiger partial charge in [0.2, 0.25) is 11.8 Å². The number of benzene rings is 1. The molecule has 0 fully saturated rings. The van der Waals surface area contributed by atoms with Crippen LogP contribution in [-0.2, 0) is 17.0 Å². The molecule has 148 valence electrons. The van der Waals surface area contributed by atoms with Crippen molar-refractivity contribution in [1.82, 2.24) is 20.2 Å². The molecule has 3 heterocycles. The van der Waals surface area contributed by atoms with Gasteiger partial charge < -0.3 is 4.42 Å². The predicted octanol–water partition coefficient (Wildman–Crippen LogP) is 4.86. The fourth-order valence-electron chi connectivity index (χ4n) is 2.62. The lowest BCUT2D eigenvalue weighted by atomic mass is 10.3. The number of anilines is 2. The summed E-state index contributed by atoms with van der Waals surface area (Å²) >= 11 is 4.46. The van der Waals surface area contributed by atoms with Gasteiger partial charge in [-0.05, 0) is 19.1 Å². The first-order valence-electron chi connectivity index (χ1n) is 8.75. The van der Waals surface area contributed by atoms with Gasteiger partial charge in [-0.1, -0.05) is 30.0 Å². The molecule has 0 aliphatic rings. The van der Waals surface area contributed by atoms with Crippen LogP contribution in [0.1, 0.15) is 29.2 Å². The van der Waals surface area contributed by atoms with Gasteiger partial charge in [0, 0.05) is 23.4 Å². The molecule has 4 aromatic rings. The molecule has 1 aromatic carbocycles. The number of amides is 1. The lowest BCUT2D eigenvalue weighted by molar-refractivity contribution is -0.115. The zero-order valence-electron chi connectivity index (χ0n) is 15.7. The fourth-order valence-corrected chi connectivity index (χ4v) is 4.90. The zero-order chi connectivity index (χ0) is 20.2. The van der Waals surface area contributed by atoms with Gasteiger partial charge >= 0.3 is 0 Å². The first kappa shape index (κ1) is 19.7. The summed E-state index contributed by atoms with van der Waals surface area (Å²) in [5.74, 6) is 1.04. The molecule has 1 amide bonds. The number of thiazole rings is 2. The first-order valence-corrected chi connectivity index (χ1v) is 11.5. The quantitative estimate of drug-likeness (QED) is 0.377. The highest BCUT2D eigenvalue weighted by molar-refractivity contribution is 7.98.